The molecule has 0 saturated carbocycles. The molecule has 0 aromatic heterocycles. The summed E-state index contributed by atoms with van der Waals surface area (Å²) in [7, 11) is 0. The van der Waals surface area contributed by atoms with E-state index < -0.39 is 0 Å². The van der Waals surface area contributed by atoms with Gasteiger partial charge in [0, 0.05) is 32.6 Å². The molecular formula is C6H12N2OSZn. The van der Waals surface area contributed by atoms with Gasteiger partial charge in [0.25, 0.3) is 5.24 Å². The summed E-state index contributed by atoms with van der Waals surface area (Å²) in [6, 6.07) is 0. The van der Waals surface area contributed by atoms with E-state index in [4.69, 9.17) is 0 Å². The molecule has 60 valence electrons. The fraction of sp³-hybridized carbons (Fsp3) is 0.833. The third-order valence-electron chi connectivity index (χ3n) is 1.61. The van der Waals surface area contributed by atoms with Crippen LogP contribution >= 0.6 is 12.6 Å². The van der Waals surface area contributed by atoms with Crippen molar-refractivity contribution in [2.24, 2.45) is 0 Å². The van der Waals surface area contributed by atoms with Crippen LogP contribution in [0.5, 0.6) is 0 Å². The molecule has 11 heavy (non-hydrogen) atoms. The first kappa shape index (κ1) is 11.4. The SMILES string of the molecule is O=C(S)NN1CCCCC1.[Zn]. The topological polar surface area (TPSA) is 32.3 Å². The van der Waals surface area contributed by atoms with E-state index in [0.29, 0.717) is 0 Å². The Morgan fingerprint density at radius 2 is 1.82 bits per heavy atom. The maximum Gasteiger partial charge on any atom is 0.290 e. The van der Waals surface area contributed by atoms with Crippen LogP contribution in [0.2, 0.25) is 0 Å². The van der Waals surface area contributed by atoms with Crippen molar-refractivity contribution in [3.8, 4) is 0 Å². The van der Waals surface area contributed by atoms with Crippen molar-refractivity contribution in [1.29, 1.82) is 0 Å². The maximum atomic E-state index is 10.4. The number of nitrogens with one attached hydrogen (secondary N) is 1. The third-order valence-corrected chi connectivity index (χ3v) is 1.71. The van der Waals surface area contributed by atoms with Crippen LogP contribution in [0.1, 0.15) is 19.3 Å². The van der Waals surface area contributed by atoms with Gasteiger partial charge in [0.05, 0.1) is 0 Å². The first-order valence-corrected chi connectivity index (χ1v) is 3.98. The Kier molecular flexibility index (Phi) is 6.20. The van der Waals surface area contributed by atoms with E-state index >= 15 is 0 Å². The molecular weight excluding hydrogens is 214 g/mol. The Bertz CT molecular complexity index is 128. The fourth-order valence-electron chi connectivity index (χ4n) is 1.14. The van der Waals surface area contributed by atoms with Crippen LogP contribution in [0.15, 0.2) is 0 Å². The number of carbonyl (C=O) groups excluding carboxylic acids is 1. The van der Waals surface area contributed by atoms with Gasteiger partial charge in [-0.1, -0.05) is 19.0 Å². The van der Waals surface area contributed by atoms with Crippen LogP contribution in [0.25, 0.3) is 0 Å². The molecule has 0 radical (unpaired) electrons. The van der Waals surface area contributed by atoms with Gasteiger partial charge >= 0.3 is 0 Å². The molecule has 0 aliphatic carbocycles. The molecule has 1 amide bonds. The van der Waals surface area contributed by atoms with Gasteiger partial charge in [-0.15, -0.1) is 0 Å². The Morgan fingerprint density at radius 1 is 1.27 bits per heavy atom. The van der Waals surface area contributed by atoms with Crippen LogP contribution in [0.4, 0.5) is 4.79 Å². The summed E-state index contributed by atoms with van der Waals surface area (Å²) in [6.45, 7) is 1.93. The van der Waals surface area contributed by atoms with Crippen LogP contribution in [-0.4, -0.2) is 23.3 Å². The average molecular weight is 226 g/mol. The number of hydrogen-bond donors (Lipinski definition) is 2. The Labute approximate surface area is 85.0 Å². The normalized spacial score (nSPS) is 18.6. The van der Waals surface area contributed by atoms with Gasteiger partial charge in [-0.25, -0.2) is 5.01 Å². The molecule has 0 spiro atoms. The van der Waals surface area contributed by atoms with Crippen LogP contribution in [0, 0.1) is 0 Å². The summed E-state index contributed by atoms with van der Waals surface area (Å²) < 4.78 is 0. The minimum atomic E-state index is -0.262. The van der Waals surface area contributed by atoms with Crippen molar-refractivity contribution in [3.05, 3.63) is 0 Å². The molecule has 0 aromatic carbocycles. The summed E-state index contributed by atoms with van der Waals surface area (Å²) in [4.78, 5) is 10.4. The van der Waals surface area contributed by atoms with Gasteiger partial charge in [-0.2, -0.15) is 0 Å². The number of rotatable bonds is 1. The zero-order chi connectivity index (χ0) is 7.40. The second-order valence-electron chi connectivity index (χ2n) is 2.46. The Hall–Kier alpha value is 0.403. The molecule has 3 nitrogen and oxygen atoms in total. The van der Waals surface area contributed by atoms with E-state index in [1.165, 1.54) is 19.3 Å². The number of amides is 1. The van der Waals surface area contributed by atoms with Gasteiger partial charge in [0.1, 0.15) is 0 Å². The van der Waals surface area contributed by atoms with Gasteiger partial charge in [0.15, 0.2) is 0 Å². The summed E-state index contributed by atoms with van der Waals surface area (Å²) >= 11 is 3.62. The molecule has 1 rings (SSSR count). The van der Waals surface area contributed by atoms with Crippen molar-refractivity contribution in [2.75, 3.05) is 13.1 Å². The van der Waals surface area contributed by atoms with Gasteiger partial charge < -0.3 is 0 Å². The first-order chi connectivity index (χ1) is 4.79. The monoisotopic (exact) mass is 224 g/mol. The summed E-state index contributed by atoms with van der Waals surface area (Å²) in [6.07, 6.45) is 3.63. The van der Waals surface area contributed by atoms with Crippen molar-refractivity contribution in [1.82, 2.24) is 10.4 Å². The Morgan fingerprint density at radius 3 is 2.27 bits per heavy atom. The van der Waals surface area contributed by atoms with Crippen LogP contribution in [-0.2, 0) is 19.5 Å². The predicted molar refractivity (Wildman–Crippen MR) is 42.9 cm³/mol. The summed E-state index contributed by atoms with van der Waals surface area (Å²) in [5.74, 6) is 0. The van der Waals surface area contributed by atoms with E-state index in [-0.39, 0.29) is 24.7 Å². The number of piperidine rings is 1. The molecule has 0 atom stereocenters. The molecule has 0 aromatic rings. The molecule has 1 heterocycles. The van der Waals surface area contributed by atoms with Crippen LogP contribution in [0.3, 0.4) is 0 Å². The van der Waals surface area contributed by atoms with E-state index in [1.807, 2.05) is 5.01 Å². The third kappa shape index (κ3) is 4.78. The second-order valence-corrected chi connectivity index (χ2v) is 2.87. The van der Waals surface area contributed by atoms with Gasteiger partial charge in [0.2, 0.25) is 0 Å². The molecule has 5 heteroatoms. The number of hydrazine groups is 1. The van der Waals surface area contributed by atoms with E-state index in [1.54, 1.807) is 0 Å². The predicted octanol–water partition coefficient (Wildman–Crippen LogP) is 1.02. The van der Waals surface area contributed by atoms with Gasteiger partial charge in [-0.3, -0.25) is 10.2 Å². The first-order valence-electron chi connectivity index (χ1n) is 3.53. The Balaban J connectivity index is 0.000001000. The van der Waals surface area contributed by atoms with Gasteiger partial charge in [-0.05, 0) is 12.8 Å². The quantitative estimate of drug-likeness (QED) is 0.516. The molecule has 0 bridgehead atoms. The van der Waals surface area contributed by atoms with Crippen molar-refractivity contribution >= 4 is 17.9 Å². The molecule has 1 saturated heterocycles. The molecule has 1 fully saturated rings. The molecule has 0 unspecified atom stereocenters. The van der Waals surface area contributed by atoms with E-state index in [0.717, 1.165) is 13.1 Å². The molecule has 1 N–H and O–H groups in total. The van der Waals surface area contributed by atoms with Crippen LogP contribution < -0.4 is 5.43 Å². The fourth-order valence-corrected chi connectivity index (χ4v) is 1.28. The van der Waals surface area contributed by atoms with E-state index in [2.05, 4.69) is 18.1 Å². The number of hydrogen-bond acceptors (Lipinski definition) is 2. The molecule has 1 aliphatic heterocycles. The zero-order valence-electron chi connectivity index (χ0n) is 6.55. The smallest absolute Gasteiger partial charge is 0.280 e. The van der Waals surface area contributed by atoms with Crippen molar-refractivity contribution < 1.29 is 24.3 Å². The average Bonchev–Trinajstić information content (AvgIpc) is 1.88. The number of thiol groups is 1. The largest absolute Gasteiger partial charge is 0.290 e. The minimum Gasteiger partial charge on any atom is -0.280 e. The zero-order valence-corrected chi connectivity index (χ0v) is 10.4. The van der Waals surface area contributed by atoms with Crippen molar-refractivity contribution in [2.45, 2.75) is 19.3 Å². The summed E-state index contributed by atoms with van der Waals surface area (Å²) in [5, 5.41) is 1.65. The van der Waals surface area contributed by atoms with E-state index in [9.17, 15) is 4.79 Å². The second kappa shape index (κ2) is 5.98. The molecule has 1 aliphatic rings. The maximum absolute atomic E-state index is 10.4. The number of nitrogens with zero attached hydrogens (tertiary/aromatic N) is 1. The minimum absolute atomic E-state index is 0. The van der Waals surface area contributed by atoms with Crippen molar-refractivity contribution in [3.63, 3.8) is 0 Å². The standard InChI is InChI=1S/C6H12N2OS.Zn/c9-6(10)7-8-4-2-1-3-5-8;/h1-5H2,(H2,7,9,10);. The summed E-state index contributed by atoms with van der Waals surface area (Å²) in [5.41, 5.74) is 2.64. The number of carbonyl (C=O) groups is 1.